The van der Waals surface area contributed by atoms with E-state index in [1.165, 1.54) is 4.90 Å². The van der Waals surface area contributed by atoms with E-state index in [1.54, 1.807) is 21.3 Å². The minimum atomic E-state index is -0.375. The minimum absolute atomic E-state index is 0.183. The summed E-state index contributed by atoms with van der Waals surface area (Å²) in [6, 6.07) is 39.1. The molecule has 3 atom stereocenters. The number of carbonyl (C=O) groups excluding carboxylic acids is 3. The summed E-state index contributed by atoms with van der Waals surface area (Å²) in [5.74, 6) is 4.33. The molecule has 0 saturated carbocycles. The molecule has 3 amide bonds. The van der Waals surface area contributed by atoms with Crippen molar-refractivity contribution in [2.24, 2.45) is 0 Å². The number of hydrogen-bond donors (Lipinski definition) is 3. The van der Waals surface area contributed by atoms with Crippen LogP contribution in [-0.2, 0) is 82.3 Å². The Morgan fingerprint density at radius 1 is 0.362 bits per heavy atom. The first kappa shape index (κ1) is 70.0. The Morgan fingerprint density at radius 2 is 0.638 bits per heavy atom. The number of nitrogens with zero attached hydrogens (tertiary/aromatic N) is 1. The zero-order chi connectivity index (χ0) is 65.4. The molecule has 3 aliphatic heterocycles. The molecule has 3 fully saturated rings. The normalized spacial score (nSPS) is 16.3. The summed E-state index contributed by atoms with van der Waals surface area (Å²) >= 11 is 0. The highest BCUT2D eigenvalue weighted by Gasteiger charge is 2.21. The fourth-order valence-electron chi connectivity index (χ4n) is 10.4. The number of nitrogens with one attached hydrogen (secondary N) is 3. The van der Waals surface area contributed by atoms with Gasteiger partial charge in [-0.2, -0.15) is 0 Å². The average Bonchev–Trinajstić information content (AvgIpc) is 1.44. The van der Waals surface area contributed by atoms with Gasteiger partial charge in [-0.25, -0.2) is 0 Å². The van der Waals surface area contributed by atoms with Gasteiger partial charge in [0.1, 0.15) is 56.9 Å². The number of rotatable bonds is 39. The number of hydrogen-bond acceptors (Lipinski definition) is 19. The smallest absolute Gasteiger partial charge is 0.234 e. The van der Waals surface area contributed by atoms with E-state index in [2.05, 4.69) is 16.0 Å². The quantitative estimate of drug-likeness (QED) is 0.0305. The van der Waals surface area contributed by atoms with E-state index in [4.69, 9.17) is 71.1 Å². The van der Waals surface area contributed by atoms with Crippen LogP contribution in [0.4, 0.5) is 0 Å². The van der Waals surface area contributed by atoms with Crippen molar-refractivity contribution in [2.45, 2.75) is 116 Å². The maximum atomic E-state index is 13.5. The fourth-order valence-corrected chi connectivity index (χ4v) is 10.4. The summed E-state index contributed by atoms with van der Waals surface area (Å²) in [5.41, 5.74) is 5.33. The van der Waals surface area contributed by atoms with Crippen molar-refractivity contribution in [1.82, 2.24) is 20.9 Å². The van der Waals surface area contributed by atoms with Crippen molar-refractivity contribution in [3.63, 3.8) is 0 Å². The van der Waals surface area contributed by atoms with E-state index < -0.39 is 0 Å². The predicted molar refractivity (Wildman–Crippen MR) is 348 cm³/mol. The van der Waals surface area contributed by atoms with Gasteiger partial charge in [-0.05, 0) is 164 Å². The van der Waals surface area contributed by atoms with Crippen molar-refractivity contribution >= 4 is 17.7 Å². The summed E-state index contributed by atoms with van der Waals surface area (Å²) < 4.78 is 87.4. The third-order valence-corrected chi connectivity index (χ3v) is 15.6. The molecular formula is C72H90N4O18. The molecule has 3 saturated heterocycles. The van der Waals surface area contributed by atoms with Gasteiger partial charge in [-0.3, -0.25) is 19.3 Å². The second kappa shape index (κ2) is 38.7. The van der Waals surface area contributed by atoms with E-state index in [0.29, 0.717) is 71.6 Å². The predicted octanol–water partition coefficient (Wildman–Crippen LogP) is 9.77. The lowest BCUT2D eigenvalue weighted by Crippen LogP contribution is -2.46. The van der Waals surface area contributed by atoms with Crippen molar-refractivity contribution in [2.75, 3.05) is 100 Å². The standard InChI is InChI=1S/C72H90N4O18/c1-80-64-40-55(49-92-70-10-4-7-31-89-70)19-28-61(64)86-37-34-83-58-22-13-52(14-23-58)43-73-67(77)46-76(47-68(78)74-44-53-15-24-59(25-16-53)84-35-38-87-62-29-20-56(41-65(62)81-2)50-93-71-11-5-8-32-90-71)48-69(79)75-45-54-17-26-60(27-18-54)85-36-39-88-63-30-21-57(42-66(63)82-3)51-94-72-12-6-9-33-91-72/h13-30,40-42,70-72H,4-12,31-39,43-51H2,1-3H3,(H,73,77)(H,74,78)(H,75,79). The first-order valence-corrected chi connectivity index (χ1v) is 32.4. The van der Waals surface area contributed by atoms with Crippen molar-refractivity contribution in [1.29, 1.82) is 0 Å². The van der Waals surface area contributed by atoms with Crippen LogP contribution in [0.25, 0.3) is 0 Å². The number of benzene rings is 6. The van der Waals surface area contributed by atoms with Gasteiger partial charge in [0.15, 0.2) is 53.4 Å². The van der Waals surface area contributed by atoms with Crippen LogP contribution in [0, 0.1) is 0 Å². The van der Waals surface area contributed by atoms with Gasteiger partial charge >= 0.3 is 0 Å². The Balaban J connectivity index is 0.710. The lowest BCUT2D eigenvalue weighted by Gasteiger charge is -2.22. The Labute approximate surface area is 550 Å². The highest BCUT2D eigenvalue weighted by atomic mass is 16.7. The molecule has 506 valence electrons. The molecule has 9 rings (SSSR count). The first-order valence-electron chi connectivity index (χ1n) is 32.4. The van der Waals surface area contributed by atoms with E-state index in [0.717, 1.165) is 111 Å². The van der Waals surface area contributed by atoms with Crippen molar-refractivity contribution < 1.29 is 85.4 Å². The van der Waals surface area contributed by atoms with Gasteiger partial charge in [0.25, 0.3) is 0 Å². The van der Waals surface area contributed by atoms with Gasteiger partial charge in [-0.15, -0.1) is 0 Å². The zero-order valence-corrected chi connectivity index (χ0v) is 54.2. The number of carbonyl (C=O) groups is 3. The van der Waals surface area contributed by atoms with E-state index in [1.807, 2.05) is 127 Å². The molecule has 0 aliphatic carbocycles. The lowest BCUT2D eigenvalue weighted by molar-refractivity contribution is -0.169. The molecule has 6 aromatic carbocycles. The van der Waals surface area contributed by atoms with Gasteiger partial charge < -0.3 is 87.0 Å². The molecule has 0 spiro atoms. The summed E-state index contributed by atoms with van der Waals surface area (Å²) in [4.78, 5) is 42.1. The Morgan fingerprint density at radius 3 is 0.904 bits per heavy atom. The van der Waals surface area contributed by atoms with Gasteiger partial charge in [0, 0.05) is 39.5 Å². The van der Waals surface area contributed by atoms with Gasteiger partial charge in [0.2, 0.25) is 17.7 Å². The van der Waals surface area contributed by atoms with E-state index in [-0.39, 0.29) is 116 Å². The average molecular weight is 1300 g/mol. The zero-order valence-electron chi connectivity index (χ0n) is 54.2. The Kier molecular flexibility index (Phi) is 28.8. The van der Waals surface area contributed by atoms with E-state index in [9.17, 15) is 14.4 Å². The van der Waals surface area contributed by atoms with Gasteiger partial charge in [0.05, 0.1) is 60.8 Å². The summed E-state index contributed by atoms with van der Waals surface area (Å²) in [6.45, 7) is 5.00. The second-order valence-corrected chi connectivity index (χ2v) is 22.8. The number of ether oxygens (including phenoxy) is 15. The molecule has 22 nitrogen and oxygen atoms in total. The number of amides is 3. The van der Waals surface area contributed by atoms with Crippen LogP contribution in [0.1, 0.15) is 91.2 Å². The molecule has 0 bridgehead atoms. The molecular weight excluding hydrogens is 1210 g/mol. The second-order valence-electron chi connectivity index (χ2n) is 22.8. The molecule has 6 aromatic rings. The highest BCUT2D eigenvalue weighted by molar-refractivity contribution is 5.84. The van der Waals surface area contributed by atoms with Crippen LogP contribution in [-0.4, -0.2) is 142 Å². The monoisotopic (exact) mass is 1300 g/mol. The molecule has 3 heterocycles. The van der Waals surface area contributed by atoms with Crippen LogP contribution in [0.2, 0.25) is 0 Å². The molecule has 3 aliphatic rings. The summed E-state index contributed by atoms with van der Waals surface area (Å²) in [5, 5.41) is 8.79. The topological polar surface area (TPSA) is 229 Å². The maximum absolute atomic E-state index is 13.5. The maximum Gasteiger partial charge on any atom is 0.234 e. The van der Waals surface area contributed by atoms with Gasteiger partial charge in [-0.1, -0.05) is 54.6 Å². The summed E-state index contributed by atoms with van der Waals surface area (Å²) in [6.07, 6.45) is 8.60. The van der Waals surface area contributed by atoms with Crippen LogP contribution in [0.5, 0.6) is 51.7 Å². The SMILES string of the molecule is COc1cc(COC2CCCCO2)ccc1OCCOc1ccc(CNC(=O)CN(CC(=O)NCc2ccc(OCCOc3ccc(COC4CCCCO4)cc3OC)cc2)CC(=O)NCc2ccc(OCCOc3ccc(COC4CCCCO4)cc3OC)cc2)cc1. The van der Waals surface area contributed by atoms with E-state index >= 15 is 0 Å². The Bertz CT molecular complexity index is 2890. The highest BCUT2D eigenvalue weighted by Crippen LogP contribution is 2.32. The van der Waals surface area contributed by atoms with Crippen molar-refractivity contribution in [3.8, 4) is 51.7 Å². The first-order chi connectivity index (χ1) is 46.1. The molecule has 0 radical (unpaired) electrons. The van der Waals surface area contributed by atoms with Crippen molar-refractivity contribution in [3.05, 3.63) is 161 Å². The number of methoxy groups -OCH3 is 3. The minimum Gasteiger partial charge on any atom is -0.493 e. The Hall–Kier alpha value is -8.35. The molecule has 0 aromatic heterocycles. The third kappa shape index (κ3) is 24.2. The molecule has 94 heavy (non-hydrogen) atoms. The largest absolute Gasteiger partial charge is 0.493 e. The molecule has 3 N–H and O–H groups in total. The van der Waals surface area contributed by atoms with Crippen LogP contribution in [0.15, 0.2) is 127 Å². The fraction of sp³-hybridized carbons (Fsp3) is 0.458. The molecule has 22 heteroatoms. The lowest BCUT2D eigenvalue weighted by atomic mass is 10.2. The summed E-state index contributed by atoms with van der Waals surface area (Å²) in [7, 11) is 4.80. The van der Waals surface area contributed by atoms with Crippen LogP contribution in [0.3, 0.4) is 0 Å². The van der Waals surface area contributed by atoms with Crippen LogP contribution >= 0.6 is 0 Å². The molecule has 3 unspecified atom stereocenters. The third-order valence-electron chi connectivity index (χ3n) is 15.6. The van der Waals surface area contributed by atoms with Crippen LogP contribution < -0.4 is 58.6 Å².